The van der Waals surface area contributed by atoms with Crippen LogP contribution in [0.15, 0.2) is 84.4 Å². The van der Waals surface area contributed by atoms with Crippen LogP contribution in [0.5, 0.6) is 5.75 Å². The topological polar surface area (TPSA) is 105 Å². The van der Waals surface area contributed by atoms with E-state index in [1.165, 1.54) is 25.3 Å². The Hall–Kier alpha value is -4.70. The van der Waals surface area contributed by atoms with Crippen LogP contribution in [-0.4, -0.2) is 25.0 Å². The summed E-state index contributed by atoms with van der Waals surface area (Å²) < 4.78 is 10.0. The van der Waals surface area contributed by atoms with Gasteiger partial charge in [0.15, 0.2) is 0 Å². The van der Waals surface area contributed by atoms with Gasteiger partial charge in [-0.05, 0) is 48.0 Å². The predicted molar refractivity (Wildman–Crippen MR) is 118 cm³/mol. The van der Waals surface area contributed by atoms with Crippen molar-refractivity contribution in [1.29, 1.82) is 5.26 Å². The second-order valence-corrected chi connectivity index (χ2v) is 6.49. The molecule has 0 heterocycles. The summed E-state index contributed by atoms with van der Waals surface area (Å²) in [5, 5.41) is 12.0. The van der Waals surface area contributed by atoms with Crippen molar-refractivity contribution < 1.29 is 23.9 Å². The van der Waals surface area contributed by atoms with Crippen LogP contribution in [0.2, 0.25) is 0 Å². The molecule has 1 amide bonds. The molecule has 0 radical (unpaired) electrons. The molecule has 0 aliphatic carbocycles. The Labute approximate surface area is 184 Å². The fourth-order valence-electron chi connectivity index (χ4n) is 2.76. The first kappa shape index (κ1) is 22.0. The predicted octanol–water partition coefficient (Wildman–Crippen LogP) is 4.24. The number of amides is 1. The Balaban J connectivity index is 1.73. The minimum atomic E-state index is -0.677. The van der Waals surface area contributed by atoms with Gasteiger partial charge in [-0.3, -0.25) is 4.79 Å². The van der Waals surface area contributed by atoms with Gasteiger partial charge in [-0.15, -0.1) is 0 Å². The zero-order valence-corrected chi connectivity index (χ0v) is 17.1. The third kappa shape index (κ3) is 5.46. The minimum absolute atomic E-state index is 0.168. The summed E-state index contributed by atoms with van der Waals surface area (Å²) in [5.74, 6) is -1.45. The third-order valence-corrected chi connectivity index (χ3v) is 4.36. The van der Waals surface area contributed by atoms with E-state index in [0.29, 0.717) is 16.9 Å². The molecule has 0 aliphatic rings. The summed E-state index contributed by atoms with van der Waals surface area (Å²) in [7, 11) is 1.24. The highest BCUT2D eigenvalue weighted by Gasteiger charge is 2.16. The Morgan fingerprint density at radius 2 is 1.53 bits per heavy atom. The van der Waals surface area contributed by atoms with Crippen LogP contribution in [0.4, 0.5) is 5.69 Å². The number of benzene rings is 3. The molecule has 7 nitrogen and oxygen atoms in total. The molecule has 0 fully saturated rings. The average Bonchev–Trinajstić information content (AvgIpc) is 2.83. The molecule has 3 rings (SSSR count). The van der Waals surface area contributed by atoms with Crippen LogP contribution >= 0.6 is 0 Å². The number of carbonyl (C=O) groups is 3. The van der Waals surface area contributed by atoms with Gasteiger partial charge in [0.25, 0.3) is 5.91 Å². The van der Waals surface area contributed by atoms with Crippen molar-refractivity contribution in [3.8, 4) is 11.8 Å². The van der Waals surface area contributed by atoms with Crippen LogP contribution < -0.4 is 10.1 Å². The third-order valence-electron chi connectivity index (χ3n) is 4.36. The molecule has 0 spiro atoms. The quantitative estimate of drug-likeness (QED) is 0.274. The number of esters is 2. The lowest BCUT2D eigenvalue weighted by molar-refractivity contribution is -0.112. The van der Waals surface area contributed by atoms with Crippen LogP contribution in [0.3, 0.4) is 0 Å². The fourth-order valence-corrected chi connectivity index (χ4v) is 2.76. The maximum Gasteiger partial charge on any atom is 0.343 e. The molecule has 3 aromatic carbocycles. The van der Waals surface area contributed by atoms with Crippen LogP contribution in [0.1, 0.15) is 26.3 Å². The number of para-hydroxylation sites is 1. The molecular formula is C25H18N2O5. The summed E-state index contributed by atoms with van der Waals surface area (Å²) in [6.07, 6.45) is 1.39. The smallest absolute Gasteiger partial charge is 0.343 e. The van der Waals surface area contributed by atoms with Crippen molar-refractivity contribution in [3.63, 3.8) is 0 Å². The SMILES string of the molecule is COC(=O)c1ccccc1NC(=O)C(C#N)=Cc1ccc(OC(=O)c2ccccc2)cc1. The molecule has 32 heavy (non-hydrogen) atoms. The maximum atomic E-state index is 12.6. The van der Waals surface area contributed by atoms with E-state index < -0.39 is 17.8 Å². The molecule has 3 aromatic rings. The summed E-state index contributed by atoms with van der Waals surface area (Å²) in [6.45, 7) is 0. The lowest BCUT2D eigenvalue weighted by atomic mass is 10.1. The molecule has 7 heteroatoms. The van der Waals surface area contributed by atoms with E-state index in [-0.39, 0.29) is 16.8 Å². The van der Waals surface area contributed by atoms with Gasteiger partial charge in [0.2, 0.25) is 0 Å². The number of carbonyl (C=O) groups excluding carboxylic acids is 3. The van der Waals surface area contributed by atoms with Crippen molar-refractivity contribution in [1.82, 2.24) is 0 Å². The van der Waals surface area contributed by atoms with Gasteiger partial charge in [-0.2, -0.15) is 5.26 Å². The van der Waals surface area contributed by atoms with E-state index in [9.17, 15) is 19.6 Å². The number of nitriles is 1. The molecule has 1 N–H and O–H groups in total. The standard InChI is InChI=1S/C25H18N2O5/c1-31-25(30)21-9-5-6-10-22(21)27-23(28)19(16-26)15-17-11-13-20(14-12-17)32-24(29)18-7-3-2-4-8-18/h2-15H,1H3,(H,27,28). The van der Waals surface area contributed by atoms with Crippen molar-refractivity contribution in [2.45, 2.75) is 0 Å². The van der Waals surface area contributed by atoms with Crippen molar-refractivity contribution >= 4 is 29.6 Å². The van der Waals surface area contributed by atoms with Gasteiger partial charge in [0.05, 0.1) is 23.9 Å². The first-order chi connectivity index (χ1) is 15.5. The van der Waals surface area contributed by atoms with Crippen LogP contribution in [0.25, 0.3) is 6.08 Å². The molecule has 0 unspecified atom stereocenters. The monoisotopic (exact) mass is 426 g/mol. The first-order valence-electron chi connectivity index (χ1n) is 9.49. The minimum Gasteiger partial charge on any atom is -0.465 e. The number of nitrogens with zero attached hydrogens (tertiary/aromatic N) is 1. The maximum absolute atomic E-state index is 12.6. The lowest BCUT2D eigenvalue weighted by Gasteiger charge is -2.09. The van der Waals surface area contributed by atoms with Gasteiger partial charge in [-0.25, -0.2) is 9.59 Å². The number of rotatable bonds is 6. The second kappa shape index (κ2) is 10.4. The Morgan fingerprint density at radius 3 is 2.19 bits per heavy atom. The zero-order chi connectivity index (χ0) is 22.9. The molecular weight excluding hydrogens is 408 g/mol. The Kier molecular flexibility index (Phi) is 7.12. The van der Waals surface area contributed by atoms with Gasteiger partial charge < -0.3 is 14.8 Å². The largest absolute Gasteiger partial charge is 0.465 e. The van der Waals surface area contributed by atoms with Gasteiger partial charge >= 0.3 is 11.9 Å². The summed E-state index contributed by atoms with van der Waals surface area (Å²) in [5.41, 5.74) is 1.21. The molecule has 0 saturated carbocycles. The van der Waals surface area contributed by atoms with Crippen molar-refractivity contribution in [3.05, 3.63) is 101 Å². The molecule has 0 atom stereocenters. The number of anilines is 1. The summed E-state index contributed by atoms with van der Waals surface area (Å²) >= 11 is 0. The first-order valence-corrected chi connectivity index (χ1v) is 9.49. The van der Waals surface area contributed by atoms with Crippen molar-refractivity contribution in [2.24, 2.45) is 0 Å². The second-order valence-electron chi connectivity index (χ2n) is 6.49. The molecule has 0 aromatic heterocycles. The lowest BCUT2D eigenvalue weighted by Crippen LogP contribution is -2.16. The van der Waals surface area contributed by atoms with Crippen LogP contribution in [0, 0.1) is 11.3 Å². The normalized spacial score (nSPS) is 10.6. The molecule has 0 saturated heterocycles. The molecule has 0 bridgehead atoms. The number of methoxy groups -OCH3 is 1. The Bertz CT molecular complexity index is 1210. The number of ether oxygens (including phenoxy) is 2. The van der Waals surface area contributed by atoms with E-state index >= 15 is 0 Å². The van der Waals surface area contributed by atoms with E-state index in [0.717, 1.165) is 0 Å². The van der Waals surface area contributed by atoms with Gasteiger partial charge in [-0.1, -0.05) is 42.5 Å². The molecule has 158 valence electrons. The van der Waals surface area contributed by atoms with Gasteiger partial charge in [0.1, 0.15) is 17.4 Å². The number of hydrogen-bond donors (Lipinski definition) is 1. The van der Waals surface area contributed by atoms with Crippen LogP contribution in [-0.2, 0) is 9.53 Å². The van der Waals surface area contributed by atoms with Crippen molar-refractivity contribution in [2.75, 3.05) is 12.4 Å². The number of hydrogen-bond acceptors (Lipinski definition) is 6. The van der Waals surface area contributed by atoms with E-state index in [1.54, 1.807) is 66.7 Å². The highest BCUT2D eigenvalue weighted by atomic mass is 16.5. The fraction of sp³-hybridized carbons (Fsp3) is 0.0400. The highest BCUT2D eigenvalue weighted by Crippen LogP contribution is 2.19. The highest BCUT2D eigenvalue weighted by molar-refractivity contribution is 6.12. The summed E-state index contributed by atoms with van der Waals surface area (Å²) in [4.78, 5) is 36.5. The van der Waals surface area contributed by atoms with E-state index in [4.69, 9.17) is 9.47 Å². The van der Waals surface area contributed by atoms with Gasteiger partial charge in [0, 0.05) is 0 Å². The molecule has 0 aliphatic heterocycles. The Morgan fingerprint density at radius 1 is 0.875 bits per heavy atom. The zero-order valence-electron chi connectivity index (χ0n) is 17.1. The summed E-state index contributed by atoms with van der Waals surface area (Å²) in [6, 6.07) is 23.1. The van der Waals surface area contributed by atoms with E-state index in [2.05, 4.69) is 5.32 Å². The van der Waals surface area contributed by atoms with E-state index in [1.807, 2.05) is 6.07 Å². The number of nitrogens with one attached hydrogen (secondary N) is 1. The average molecular weight is 426 g/mol.